The van der Waals surface area contributed by atoms with Gasteiger partial charge in [-0.05, 0) is 72.9 Å². The van der Waals surface area contributed by atoms with Crippen molar-refractivity contribution in [1.82, 2.24) is 5.32 Å². The van der Waals surface area contributed by atoms with E-state index in [0.29, 0.717) is 0 Å². The zero-order chi connectivity index (χ0) is 17.2. The monoisotopic (exact) mass is 334 g/mol. The lowest BCUT2D eigenvalue weighted by Gasteiger charge is -2.26. The van der Waals surface area contributed by atoms with Gasteiger partial charge in [0.1, 0.15) is 0 Å². The summed E-state index contributed by atoms with van der Waals surface area (Å²) in [4.78, 5) is 14.2. The van der Waals surface area contributed by atoms with Crippen molar-refractivity contribution >= 4 is 11.6 Å². The number of carbonyl (C=O) groups is 1. The number of anilines is 1. The van der Waals surface area contributed by atoms with Crippen molar-refractivity contribution in [2.24, 2.45) is 0 Å². The van der Waals surface area contributed by atoms with E-state index in [-0.39, 0.29) is 5.91 Å². The maximum absolute atomic E-state index is 11.7. The molecule has 1 N–H and O–H groups in total. The molecule has 3 nitrogen and oxygen atoms in total. The van der Waals surface area contributed by atoms with Gasteiger partial charge in [-0.15, -0.1) is 0 Å². The predicted octanol–water partition coefficient (Wildman–Crippen LogP) is 4.27. The van der Waals surface area contributed by atoms with Crippen LogP contribution < -0.4 is 10.2 Å². The molecule has 1 aliphatic heterocycles. The highest BCUT2D eigenvalue weighted by Gasteiger charge is 2.25. The van der Waals surface area contributed by atoms with Gasteiger partial charge in [0, 0.05) is 31.4 Å². The second-order valence-electron chi connectivity index (χ2n) is 7.32. The van der Waals surface area contributed by atoms with E-state index in [0.717, 1.165) is 24.6 Å². The molecule has 25 heavy (non-hydrogen) atoms. The lowest BCUT2D eigenvalue weighted by atomic mass is 10.0. The summed E-state index contributed by atoms with van der Waals surface area (Å²) in [7, 11) is 1.67. The van der Waals surface area contributed by atoms with Crippen LogP contribution in [0.4, 0.5) is 5.69 Å². The average Bonchev–Trinajstić information content (AvgIpc) is 3.49. The van der Waals surface area contributed by atoms with Crippen LogP contribution in [0.2, 0.25) is 0 Å². The van der Waals surface area contributed by atoms with Crippen LogP contribution in [0.15, 0.2) is 42.5 Å². The summed E-state index contributed by atoms with van der Waals surface area (Å²) < 4.78 is 0. The maximum Gasteiger partial charge on any atom is 0.251 e. The fraction of sp³-hybridized carbons (Fsp3) is 0.409. The van der Waals surface area contributed by atoms with Gasteiger partial charge in [0.15, 0.2) is 0 Å². The van der Waals surface area contributed by atoms with E-state index >= 15 is 0 Å². The molecule has 130 valence electrons. The molecule has 1 amide bonds. The number of fused-ring (bicyclic) bond motifs is 1. The number of aryl methyl sites for hydroxylation is 1. The molecule has 2 aromatic carbocycles. The summed E-state index contributed by atoms with van der Waals surface area (Å²) in [5.74, 6) is 0.767. The quantitative estimate of drug-likeness (QED) is 0.906. The highest BCUT2D eigenvalue weighted by Crippen LogP contribution is 2.42. The fourth-order valence-corrected chi connectivity index (χ4v) is 3.79. The number of hydrogen-bond donors (Lipinski definition) is 1. The molecule has 3 heteroatoms. The van der Waals surface area contributed by atoms with Gasteiger partial charge >= 0.3 is 0 Å². The Morgan fingerprint density at radius 3 is 2.64 bits per heavy atom. The minimum atomic E-state index is -0.0271. The average molecular weight is 334 g/mol. The molecule has 2 aliphatic rings. The third-order valence-corrected chi connectivity index (χ3v) is 5.44. The molecule has 1 saturated carbocycles. The van der Waals surface area contributed by atoms with E-state index in [2.05, 4.69) is 40.5 Å². The van der Waals surface area contributed by atoms with E-state index in [4.69, 9.17) is 0 Å². The Kier molecular flexibility index (Phi) is 4.48. The van der Waals surface area contributed by atoms with Gasteiger partial charge in [-0.3, -0.25) is 4.79 Å². The van der Waals surface area contributed by atoms with Crippen LogP contribution in [0, 0.1) is 0 Å². The van der Waals surface area contributed by atoms with Crippen molar-refractivity contribution < 1.29 is 4.79 Å². The smallest absolute Gasteiger partial charge is 0.251 e. The molecular weight excluding hydrogens is 308 g/mol. The minimum Gasteiger partial charge on any atom is -0.367 e. The van der Waals surface area contributed by atoms with Gasteiger partial charge < -0.3 is 10.2 Å². The van der Waals surface area contributed by atoms with Crippen LogP contribution in [-0.4, -0.2) is 19.5 Å². The molecule has 4 rings (SSSR count). The molecule has 1 heterocycles. The van der Waals surface area contributed by atoms with Crippen LogP contribution in [0.25, 0.3) is 0 Å². The molecule has 1 aliphatic carbocycles. The summed E-state index contributed by atoms with van der Waals surface area (Å²) in [6.45, 7) is 2.02. The van der Waals surface area contributed by atoms with Gasteiger partial charge in [0.2, 0.25) is 0 Å². The van der Waals surface area contributed by atoms with E-state index in [1.54, 1.807) is 7.05 Å². The lowest BCUT2D eigenvalue weighted by molar-refractivity contribution is 0.0963. The van der Waals surface area contributed by atoms with Crippen molar-refractivity contribution in [2.75, 3.05) is 18.5 Å². The molecule has 0 saturated heterocycles. The molecule has 0 radical (unpaired) electrons. The maximum atomic E-state index is 11.7. The molecule has 2 aromatic rings. The number of benzene rings is 2. The highest BCUT2D eigenvalue weighted by atomic mass is 16.1. The van der Waals surface area contributed by atoms with Crippen LogP contribution >= 0.6 is 0 Å². The molecule has 0 spiro atoms. The normalized spacial score (nSPS) is 16.9. The minimum absolute atomic E-state index is 0.0271. The van der Waals surface area contributed by atoms with Crippen molar-refractivity contribution in [2.45, 2.75) is 44.6 Å². The van der Waals surface area contributed by atoms with Gasteiger partial charge in [-0.2, -0.15) is 0 Å². The molecular formula is C22H26N2O. The molecule has 1 fully saturated rings. The summed E-state index contributed by atoms with van der Waals surface area (Å²) >= 11 is 0. The first kappa shape index (κ1) is 16.2. The Morgan fingerprint density at radius 1 is 1.12 bits per heavy atom. The van der Waals surface area contributed by atoms with Crippen molar-refractivity contribution in [3.63, 3.8) is 0 Å². The van der Waals surface area contributed by atoms with Crippen molar-refractivity contribution in [3.8, 4) is 0 Å². The van der Waals surface area contributed by atoms with E-state index in [1.807, 2.05) is 12.1 Å². The topological polar surface area (TPSA) is 32.3 Å². The summed E-state index contributed by atoms with van der Waals surface area (Å²) in [5.41, 5.74) is 6.41. The summed E-state index contributed by atoms with van der Waals surface area (Å²) in [6, 6.07) is 15.2. The standard InChI is InChI=1S/C22H26N2O/c1-23-22(25)19-7-5-16(6-8-19)15-24-13-3-2-4-18-11-12-20(14-21(18)24)17-9-10-17/h5-8,11-12,14,17H,2-4,9-10,13,15H2,1H3,(H,23,25). The van der Waals surface area contributed by atoms with Gasteiger partial charge in [0.05, 0.1) is 0 Å². The number of nitrogens with one attached hydrogen (secondary N) is 1. The number of amides is 1. The lowest BCUT2D eigenvalue weighted by Crippen LogP contribution is -2.24. The summed E-state index contributed by atoms with van der Waals surface area (Å²) in [6.07, 6.45) is 6.39. The first-order valence-corrected chi connectivity index (χ1v) is 9.43. The number of hydrogen-bond acceptors (Lipinski definition) is 2. The van der Waals surface area contributed by atoms with Gasteiger partial charge in [0.25, 0.3) is 5.91 Å². The largest absolute Gasteiger partial charge is 0.367 e. The first-order chi connectivity index (χ1) is 12.2. The second-order valence-corrected chi connectivity index (χ2v) is 7.32. The third-order valence-electron chi connectivity index (χ3n) is 5.44. The number of nitrogens with zero attached hydrogens (tertiary/aromatic N) is 1. The molecule has 0 aromatic heterocycles. The van der Waals surface area contributed by atoms with Crippen LogP contribution in [0.3, 0.4) is 0 Å². The molecule has 0 unspecified atom stereocenters. The van der Waals surface area contributed by atoms with Crippen LogP contribution in [0.5, 0.6) is 0 Å². The molecule has 0 atom stereocenters. The van der Waals surface area contributed by atoms with E-state index in [1.165, 1.54) is 54.5 Å². The molecule has 0 bridgehead atoms. The zero-order valence-corrected chi connectivity index (χ0v) is 14.9. The Hall–Kier alpha value is -2.29. The van der Waals surface area contributed by atoms with Gasteiger partial charge in [-0.1, -0.05) is 24.3 Å². The van der Waals surface area contributed by atoms with E-state index in [9.17, 15) is 4.79 Å². The van der Waals surface area contributed by atoms with E-state index < -0.39 is 0 Å². The first-order valence-electron chi connectivity index (χ1n) is 9.43. The Labute approximate surface area is 150 Å². The third kappa shape index (κ3) is 3.55. The number of carbonyl (C=O) groups excluding carboxylic acids is 1. The van der Waals surface area contributed by atoms with Crippen LogP contribution in [0.1, 0.15) is 58.6 Å². The Balaban J connectivity index is 1.57. The van der Waals surface area contributed by atoms with Gasteiger partial charge in [-0.25, -0.2) is 0 Å². The Bertz CT molecular complexity index is 762. The highest BCUT2D eigenvalue weighted by molar-refractivity contribution is 5.93. The summed E-state index contributed by atoms with van der Waals surface area (Å²) in [5, 5.41) is 2.68. The zero-order valence-electron chi connectivity index (χ0n) is 14.9. The van der Waals surface area contributed by atoms with Crippen molar-refractivity contribution in [3.05, 3.63) is 64.7 Å². The van der Waals surface area contributed by atoms with Crippen LogP contribution in [-0.2, 0) is 13.0 Å². The number of rotatable bonds is 4. The SMILES string of the molecule is CNC(=O)c1ccc(CN2CCCCc3ccc(C4CC4)cc32)cc1. The van der Waals surface area contributed by atoms with Crippen molar-refractivity contribution in [1.29, 1.82) is 0 Å². The predicted molar refractivity (Wildman–Crippen MR) is 102 cm³/mol. The Morgan fingerprint density at radius 2 is 1.92 bits per heavy atom. The second kappa shape index (κ2) is 6.91. The fourth-order valence-electron chi connectivity index (χ4n) is 3.79.